The second kappa shape index (κ2) is 10.6. The Kier molecular flexibility index (Phi) is 7.17. The number of carbonyl (C=O) groups is 2. The molecule has 1 aliphatic heterocycles. The summed E-state index contributed by atoms with van der Waals surface area (Å²) in [4.78, 5) is 38.2. The van der Waals surface area contributed by atoms with E-state index < -0.39 is 5.60 Å². The van der Waals surface area contributed by atoms with Crippen LogP contribution in [0.5, 0.6) is 0 Å². The predicted octanol–water partition coefficient (Wildman–Crippen LogP) is 4.98. The molecule has 5 rings (SSSR count). The normalized spacial score (nSPS) is 13.8. The van der Waals surface area contributed by atoms with Crippen LogP contribution >= 0.6 is 11.6 Å². The first kappa shape index (κ1) is 27.1. The van der Waals surface area contributed by atoms with E-state index in [-0.39, 0.29) is 17.7 Å². The minimum Gasteiger partial charge on any atom is -0.444 e. The molecule has 40 heavy (non-hydrogen) atoms. The first-order chi connectivity index (χ1) is 19.0. The zero-order chi connectivity index (χ0) is 28.6. The van der Waals surface area contributed by atoms with E-state index in [2.05, 4.69) is 11.1 Å². The fourth-order valence-electron chi connectivity index (χ4n) is 4.61. The number of aromatic nitrogens is 4. The first-order valence-corrected chi connectivity index (χ1v) is 13.2. The molecule has 0 spiro atoms. The molecule has 0 saturated carbocycles. The molecule has 1 aromatic carbocycles. The van der Waals surface area contributed by atoms with Crippen LogP contribution in [-0.4, -0.2) is 73.2 Å². The Balaban J connectivity index is 1.51. The van der Waals surface area contributed by atoms with Gasteiger partial charge in [0.1, 0.15) is 22.1 Å². The van der Waals surface area contributed by atoms with Gasteiger partial charge < -0.3 is 14.5 Å². The molecule has 0 radical (unpaired) electrons. The topological polar surface area (TPSA) is 117 Å². The van der Waals surface area contributed by atoms with Crippen molar-refractivity contribution in [3.63, 3.8) is 0 Å². The van der Waals surface area contributed by atoms with Gasteiger partial charge in [-0.25, -0.2) is 19.3 Å². The van der Waals surface area contributed by atoms with Crippen LogP contribution in [0.25, 0.3) is 28.0 Å². The molecule has 1 aliphatic rings. The van der Waals surface area contributed by atoms with Gasteiger partial charge in [-0.3, -0.25) is 4.79 Å². The summed E-state index contributed by atoms with van der Waals surface area (Å²) in [5, 5.41) is 14.5. The molecule has 2 amide bonds. The number of hydrogen-bond acceptors (Lipinski definition) is 7. The van der Waals surface area contributed by atoms with Crippen molar-refractivity contribution in [3.8, 4) is 28.5 Å². The summed E-state index contributed by atoms with van der Waals surface area (Å²) >= 11 is 6.32. The van der Waals surface area contributed by atoms with Crippen molar-refractivity contribution in [2.75, 3.05) is 26.2 Å². The molecule has 10 nitrogen and oxygen atoms in total. The highest BCUT2D eigenvalue weighted by Gasteiger charge is 2.29. The van der Waals surface area contributed by atoms with Crippen molar-refractivity contribution in [2.45, 2.75) is 33.3 Å². The Morgan fingerprint density at radius 2 is 1.73 bits per heavy atom. The average Bonchev–Trinajstić information content (AvgIpc) is 3.30. The number of pyridine rings is 1. The summed E-state index contributed by atoms with van der Waals surface area (Å²) in [5.41, 5.74) is 4.11. The largest absolute Gasteiger partial charge is 0.444 e. The van der Waals surface area contributed by atoms with Crippen molar-refractivity contribution in [2.24, 2.45) is 0 Å². The first-order valence-electron chi connectivity index (χ1n) is 12.8. The zero-order valence-corrected chi connectivity index (χ0v) is 23.4. The van der Waals surface area contributed by atoms with Crippen LogP contribution in [0, 0.1) is 18.3 Å². The number of ether oxygens (including phenoxy) is 1. The molecule has 1 saturated heterocycles. The maximum atomic E-state index is 13.5. The van der Waals surface area contributed by atoms with Gasteiger partial charge >= 0.3 is 6.09 Å². The van der Waals surface area contributed by atoms with Crippen molar-refractivity contribution < 1.29 is 14.3 Å². The highest BCUT2D eigenvalue weighted by molar-refractivity contribution is 6.29. The number of nitriles is 1. The molecule has 0 atom stereocenters. The number of hydrogen-bond donors (Lipinski definition) is 0. The molecule has 0 unspecified atom stereocenters. The third kappa shape index (κ3) is 5.60. The number of carbonyl (C=O) groups excluding carboxylic acids is 2. The highest BCUT2D eigenvalue weighted by atomic mass is 35.5. The molecule has 4 aromatic rings. The molecule has 4 heterocycles. The number of aryl methyl sites for hydroxylation is 1. The lowest BCUT2D eigenvalue weighted by Crippen LogP contribution is -2.51. The van der Waals surface area contributed by atoms with Gasteiger partial charge in [-0.2, -0.15) is 10.4 Å². The second-order valence-electron chi connectivity index (χ2n) is 10.6. The summed E-state index contributed by atoms with van der Waals surface area (Å²) in [5.74, 6) is -0.240. The SMILES string of the molecule is Cc1cc(-c2c(-c3cccc(C#N)c3)nn3ccc(C(=O)N4CCN(C(=O)OC(C)(C)C)CC4)nc23)cc(Cl)n1. The lowest BCUT2D eigenvalue weighted by Gasteiger charge is -2.35. The summed E-state index contributed by atoms with van der Waals surface area (Å²) in [6.07, 6.45) is 1.31. The molecule has 1 fully saturated rings. The van der Waals surface area contributed by atoms with Crippen molar-refractivity contribution >= 4 is 29.2 Å². The lowest BCUT2D eigenvalue weighted by atomic mass is 10.00. The Bertz CT molecular complexity index is 1640. The Hall–Kier alpha value is -4.49. The van der Waals surface area contributed by atoms with E-state index in [1.54, 1.807) is 50.8 Å². The van der Waals surface area contributed by atoms with E-state index in [1.807, 2.05) is 39.8 Å². The standard InChI is InChI=1S/C29H28ClN7O3/c1-18-14-21(16-23(30)32-18)24-25(20-7-5-6-19(15-20)17-31)34-37-9-8-22(33-26(24)37)27(38)35-10-12-36(13-11-35)28(39)40-29(2,3)4/h5-9,14-16H,10-13H2,1-4H3. The fraction of sp³-hybridized carbons (Fsp3) is 0.310. The predicted molar refractivity (Wildman–Crippen MR) is 150 cm³/mol. The van der Waals surface area contributed by atoms with E-state index in [4.69, 9.17) is 26.4 Å². The number of piperazine rings is 1. The number of halogens is 1. The van der Waals surface area contributed by atoms with Crippen molar-refractivity contribution in [1.82, 2.24) is 29.4 Å². The van der Waals surface area contributed by atoms with Gasteiger partial charge in [-0.05, 0) is 63.6 Å². The number of fused-ring (bicyclic) bond motifs is 1. The van der Waals surface area contributed by atoms with Gasteiger partial charge in [0, 0.05) is 43.6 Å². The third-order valence-electron chi connectivity index (χ3n) is 6.40. The zero-order valence-electron chi connectivity index (χ0n) is 22.7. The van der Waals surface area contributed by atoms with Gasteiger partial charge in [-0.15, -0.1) is 0 Å². The fourth-order valence-corrected chi connectivity index (χ4v) is 4.86. The molecular formula is C29H28ClN7O3. The Labute approximate surface area is 236 Å². The van der Waals surface area contributed by atoms with Crippen LogP contribution in [0.4, 0.5) is 4.79 Å². The van der Waals surface area contributed by atoms with Gasteiger partial charge in [0.25, 0.3) is 5.91 Å². The Morgan fingerprint density at radius 1 is 1.00 bits per heavy atom. The number of rotatable bonds is 3. The molecule has 11 heteroatoms. The quantitative estimate of drug-likeness (QED) is 0.326. The maximum Gasteiger partial charge on any atom is 0.410 e. The molecule has 204 valence electrons. The summed E-state index contributed by atoms with van der Waals surface area (Å²) < 4.78 is 7.08. The van der Waals surface area contributed by atoms with Crippen LogP contribution in [0.3, 0.4) is 0 Å². The highest BCUT2D eigenvalue weighted by Crippen LogP contribution is 2.36. The lowest BCUT2D eigenvalue weighted by molar-refractivity contribution is 0.0140. The minimum absolute atomic E-state index is 0.240. The molecule has 0 N–H and O–H groups in total. The van der Waals surface area contributed by atoms with Crippen LogP contribution in [0.2, 0.25) is 5.15 Å². The van der Waals surface area contributed by atoms with Crippen LogP contribution in [-0.2, 0) is 4.74 Å². The molecular weight excluding hydrogens is 530 g/mol. The summed E-state index contributed by atoms with van der Waals surface area (Å²) in [6, 6.07) is 14.6. The minimum atomic E-state index is -0.585. The molecule has 0 bridgehead atoms. The van der Waals surface area contributed by atoms with E-state index in [9.17, 15) is 14.9 Å². The number of amides is 2. The van der Waals surface area contributed by atoms with Crippen LogP contribution < -0.4 is 0 Å². The van der Waals surface area contributed by atoms with E-state index in [1.165, 1.54) is 0 Å². The van der Waals surface area contributed by atoms with Gasteiger partial charge in [0.05, 0.1) is 17.2 Å². The van der Waals surface area contributed by atoms with E-state index in [0.29, 0.717) is 59.5 Å². The number of nitrogens with zero attached hydrogens (tertiary/aromatic N) is 7. The summed E-state index contributed by atoms with van der Waals surface area (Å²) in [7, 11) is 0. The molecule has 3 aromatic heterocycles. The maximum absolute atomic E-state index is 13.5. The second-order valence-corrected chi connectivity index (χ2v) is 11.0. The van der Waals surface area contributed by atoms with Gasteiger partial charge in [0.2, 0.25) is 0 Å². The van der Waals surface area contributed by atoms with Crippen molar-refractivity contribution in [3.05, 3.63) is 70.8 Å². The van der Waals surface area contributed by atoms with Gasteiger partial charge in [0.15, 0.2) is 5.65 Å². The number of benzene rings is 1. The monoisotopic (exact) mass is 557 g/mol. The van der Waals surface area contributed by atoms with Gasteiger partial charge in [-0.1, -0.05) is 23.7 Å². The van der Waals surface area contributed by atoms with Crippen molar-refractivity contribution in [1.29, 1.82) is 5.26 Å². The van der Waals surface area contributed by atoms with Crippen LogP contribution in [0.1, 0.15) is 42.5 Å². The van der Waals surface area contributed by atoms with Crippen LogP contribution in [0.15, 0.2) is 48.7 Å². The van der Waals surface area contributed by atoms with E-state index >= 15 is 0 Å². The smallest absolute Gasteiger partial charge is 0.410 e. The van der Waals surface area contributed by atoms with E-state index in [0.717, 1.165) is 11.1 Å². The third-order valence-corrected chi connectivity index (χ3v) is 6.59. The Morgan fingerprint density at radius 3 is 2.40 bits per heavy atom. The molecule has 0 aliphatic carbocycles. The summed E-state index contributed by atoms with van der Waals surface area (Å²) in [6.45, 7) is 8.78. The average molecular weight is 558 g/mol.